The fourth-order valence-electron chi connectivity index (χ4n) is 0. The van der Waals surface area contributed by atoms with Crippen LogP contribution in [0.3, 0.4) is 0 Å². The van der Waals surface area contributed by atoms with Crippen molar-refractivity contribution in [2.45, 2.75) is 0 Å². The van der Waals surface area contributed by atoms with Gasteiger partial charge in [0.05, 0.1) is 0 Å². The molecule has 0 N–H and O–H groups in total. The fraction of sp³-hybridized carbons (Fsp3) is 0. The summed E-state index contributed by atoms with van der Waals surface area (Å²) in [5.74, 6) is 0. The molecule has 0 radical (unpaired) electrons. The van der Waals surface area contributed by atoms with E-state index < -0.39 is 0 Å². The Morgan fingerprint density at radius 1 is 0.571 bits per heavy atom. The van der Waals surface area contributed by atoms with Gasteiger partial charge in [0.15, 0.2) is 0 Å². The summed E-state index contributed by atoms with van der Waals surface area (Å²) in [5, 5.41) is 0. The van der Waals surface area contributed by atoms with Crippen molar-refractivity contribution in [3.63, 3.8) is 0 Å². The minimum absolute atomic E-state index is 0. The van der Waals surface area contributed by atoms with Crippen LogP contribution in [0.25, 0.3) is 0 Å². The van der Waals surface area contributed by atoms with Crippen LogP contribution in [0.4, 0.5) is 0 Å². The maximum absolute atomic E-state index is 0. The van der Waals surface area contributed by atoms with Crippen LogP contribution in [-0.2, 0) is 0 Å². The monoisotopic (exact) mass is 238 g/mol. The van der Waals surface area contributed by atoms with Crippen LogP contribution in [0.15, 0.2) is 0 Å². The maximum atomic E-state index is 0. The standard InChI is InChI=1S/Ca.3ClH.K.2Na.5H/h;3*1H;;;;;;;;. The Morgan fingerprint density at radius 3 is 0.571 bits per heavy atom. The first-order chi connectivity index (χ1) is 0. The third-order valence-electron chi connectivity index (χ3n) is 0. The van der Waals surface area contributed by atoms with E-state index in [2.05, 4.69) is 0 Å². The van der Waals surface area contributed by atoms with E-state index in [1.54, 1.807) is 0 Å². The summed E-state index contributed by atoms with van der Waals surface area (Å²) in [4.78, 5) is 0. The predicted octanol–water partition coefficient (Wildman–Crippen LogP) is -1.60. The van der Waals surface area contributed by atoms with Crippen molar-refractivity contribution in [1.82, 2.24) is 0 Å². The third-order valence-corrected chi connectivity index (χ3v) is 0. The van der Waals surface area contributed by atoms with Crippen LogP contribution in [0.2, 0.25) is 0 Å². The topological polar surface area (TPSA) is 0 Å². The SMILES string of the molecule is Cl.Cl.Cl.[CaH2].[KH].[NaH].[NaH]. The average molecular weight is 240 g/mol. The van der Waals surface area contributed by atoms with Gasteiger partial charge < -0.3 is 0 Å². The zero-order valence-electron chi connectivity index (χ0n) is 1.22. The van der Waals surface area contributed by atoms with Gasteiger partial charge in [-0.2, -0.15) is 0 Å². The molecule has 0 rings (SSSR count). The van der Waals surface area contributed by atoms with Crippen LogP contribution in [0.1, 0.15) is 0 Å². The van der Waals surface area contributed by atoms with E-state index in [1.165, 1.54) is 0 Å². The summed E-state index contributed by atoms with van der Waals surface area (Å²) in [6, 6.07) is 0. The number of rotatable bonds is 0. The summed E-state index contributed by atoms with van der Waals surface area (Å²) in [6.07, 6.45) is 0. The van der Waals surface area contributed by atoms with Gasteiger partial charge in [-0.25, -0.2) is 0 Å². The molecule has 0 aromatic rings. The molecule has 0 aromatic heterocycles. The molecule has 0 nitrogen and oxygen atoms in total. The van der Waals surface area contributed by atoms with E-state index in [-0.39, 0.29) is 185 Å². The van der Waals surface area contributed by atoms with Crippen molar-refractivity contribution in [2.75, 3.05) is 0 Å². The Kier molecular flexibility index (Phi) is 311. The predicted molar refractivity (Wildman–Crippen MR) is 51.7 cm³/mol. The van der Waals surface area contributed by atoms with Gasteiger partial charge >= 0.3 is 148 Å². The molecule has 0 spiro atoms. The second kappa shape index (κ2) is 41.0. The fourth-order valence-corrected chi connectivity index (χ4v) is 0. The molecule has 0 aliphatic carbocycles. The summed E-state index contributed by atoms with van der Waals surface area (Å²) in [5.41, 5.74) is 0. The Hall–Kier alpha value is 5.77. The summed E-state index contributed by atoms with van der Waals surface area (Å²) in [7, 11) is 0. The molecule has 0 fully saturated rings. The molecule has 0 saturated carbocycles. The van der Waals surface area contributed by atoms with Crippen LogP contribution in [-0.4, -0.2) is 148 Å². The minimum atomic E-state index is 0. The molecule has 0 bridgehead atoms. The molecule has 0 aliphatic heterocycles. The number of hydrogen-bond acceptors (Lipinski definition) is 0. The molecule has 0 unspecified atom stereocenters. The van der Waals surface area contributed by atoms with Gasteiger partial charge in [0.1, 0.15) is 0 Å². The number of hydrogen-bond donors (Lipinski definition) is 0. The van der Waals surface area contributed by atoms with Gasteiger partial charge in [-0.05, 0) is 0 Å². The van der Waals surface area contributed by atoms with Gasteiger partial charge in [0, 0.05) is 0 Å². The van der Waals surface area contributed by atoms with E-state index in [9.17, 15) is 0 Å². The molecule has 0 aliphatic rings. The molecule has 0 amide bonds. The molecular formula is H8CaCl3KNa2. The Labute approximate surface area is 180 Å². The first-order valence-corrected chi connectivity index (χ1v) is 0. The van der Waals surface area contributed by atoms with Crippen molar-refractivity contribution in [3.05, 3.63) is 0 Å². The summed E-state index contributed by atoms with van der Waals surface area (Å²) < 4.78 is 0. The summed E-state index contributed by atoms with van der Waals surface area (Å²) in [6.45, 7) is 0. The zero-order valence-corrected chi connectivity index (χ0v) is 3.67. The van der Waals surface area contributed by atoms with Crippen molar-refractivity contribution in [2.24, 2.45) is 0 Å². The van der Waals surface area contributed by atoms with Gasteiger partial charge in [-0.15, -0.1) is 37.2 Å². The Bertz CT molecular complexity index is 12.9. The van der Waals surface area contributed by atoms with Gasteiger partial charge in [-0.3, -0.25) is 0 Å². The van der Waals surface area contributed by atoms with Crippen LogP contribution in [0.5, 0.6) is 0 Å². The molecule has 7 heavy (non-hydrogen) atoms. The average Bonchev–Trinajstić information content (AvgIpc) is 0. The van der Waals surface area contributed by atoms with Crippen molar-refractivity contribution in [1.29, 1.82) is 0 Å². The molecule has 0 atom stereocenters. The Balaban J connectivity index is 0. The molecule has 0 saturated heterocycles. The number of halogens is 3. The first kappa shape index (κ1) is 53.2. The molecule has 0 heterocycles. The third kappa shape index (κ3) is 33.8. The second-order valence-electron chi connectivity index (χ2n) is 0. The van der Waals surface area contributed by atoms with Crippen LogP contribution in [0, 0.1) is 0 Å². The van der Waals surface area contributed by atoms with E-state index in [4.69, 9.17) is 0 Å². The van der Waals surface area contributed by atoms with E-state index in [0.29, 0.717) is 0 Å². The molecule has 7 heteroatoms. The Morgan fingerprint density at radius 2 is 0.571 bits per heavy atom. The second-order valence-corrected chi connectivity index (χ2v) is 0. The first-order valence-electron chi connectivity index (χ1n) is 0. The summed E-state index contributed by atoms with van der Waals surface area (Å²) >= 11 is 0. The quantitative estimate of drug-likeness (QED) is 0.447. The van der Waals surface area contributed by atoms with Crippen LogP contribution >= 0.6 is 37.2 Å². The van der Waals surface area contributed by atoms with Crippen molar-refractivity contribution >= 4 is 185 Å². The molecule has 34 valence electrons. The van der Waals surface area contributed by atoms with Gasteiger partial charge in [-0.1, -0.05) is 0 Å². The van der Waals surface area contributed by atoms with E-state index in [1.807, 2.05) is 0 Å². The van der Waals surface area contributed by atoms with Crippen molar-refractivity contribution < 1.29 is 0 Å². The normalized spacial score (nSPS) is 0. The van der Waals surface area contributed by atoms with Crippen LogP contribution < -0.4 is 0 Å². The molecular weight excluding hydrogens is 232 g/mol. The van der Waals surface area contributed by atoms with Gasteiger partial charge in [0.25, 0.3) is 0 Å². The zero-order chi connectivity index (χ0) is 0. The van der Waals surface area contributed by atoms with E-state index >= 15 is 0 Å². The molecule has 0 aromatic carbocycles. The van der Waals surface area contributed by atoms with E-state index in [0.717, 1.165) is 0 Å². The van der Waals surface area contributed by atoms with Crippen molar-refractivity contribution in [3.8, 4) is 0 Å². The van der Waals surface area contributed by atoms with Gasteiger partial charge in [0.2, 0.25) is 0 Å².